The Labute approximate surface area is 99.5 Å². The molecule has 3 heteroatoms. The molecule has 94 valence electrons. The van der Waals surface area contributed by atoms with Gasteiger partial charge in [0.15, 0.2) is 0 Å². The zero-order valence-electron chi connectivity index (χ0n) is 10.5. The third kappa shape index (κ3) is 13.0. The first kappa shape index (κ1) is 15.0. The molecule has 0 aliphatic rings. The van der Waals surface area contributed by atoms with Crippen LogP contribution in [0.15, 0.2) is 12.3 Å². The van der Waals surface area contributed by atoms with Crippen molar-refractivity contribution in [1.29, 1.82) is 0 Å². The summed E-state index contributed by atoms with van der Waals surface area (Å²) < 4.78 is 0. The molecule has 0 spiro atoms. The average Bonchev–Trinajstić information content (AvgIpc) is 2.25. The molecule has 0 bridgehead atoms. The van der Waals surface area contributed by atoms with Crippen molar-refractivity contribution in [3.8, 4) is 0 Å². The van der Waals surface area contributed by atoms with Gasteiger partial charge in [0.1, 0.15) is 0 Å². The van der Waals surface area contributed by atoms with Crippen LogP contribution in [0, 0.1) is 0 Å². The van der Waals surface area contributed by atoms with E-state index in [0.29, 0.717) is 0 Å². The molecule has 0 saturated heterocycles. The molecular formula is C13H26N2O. The fraction of sp³-hybridized carbons (Fsp3) is 0.769. The normalized spacial score (nSPS) is 10.8. The van der Waals surface area contributed by atoms with Gasteiger partial charge in [-0.3, -0.25) is 0 Å². The fourth-order valence-corrected chi connectivity index (χ4v) is 1.62. The van der Waals surface area contributed by atoms with Crippen molar-refractivity contribution in [3.63, 3.8) is 0 Å². The van der Waals surface area contributed by atoms with Crippen LogP contribution < -0.4 is 11.1 Å². The van der Waals surface area contributed by atoms with E-state index in [0.717, 1.165) is 6.42 Å². The van der Waals surface area contributed by atoms with Gasteiger partial charge in [0, 0.05) is 6.20 Å². The Kier molecular flexibility index (Phi) is 11.3. The predicted molar refractivity (Wildman–Crippen MR) is 69.1 cm³/mol. The largest absolute Gasteiger partial charge is 0.351 e. The van der Waals surface area contributed by atoms with E-state index in [4.69, 9.17) is 5.73 Å². The number of unbranched alkanes of at least 4 members (excludes halogenated alkanes) is 8. The summed E-state index contributed by atoms with van der Waals surface area (Å²) in [5.74, 6) is 0. The van der Waals surface area contributed by atoms with Crippen LogP contribution in [0.1, 0.15) is 64.7 Å². The molecule has 16 heavy (non-hydrogen) atoms. The number of carbonyl (C=O) groups excluding carboxylic acids is 1. The highest BCUT2D eigenvalue weighted by Crippen LogP contribution is 2.09. The maximum absolute atomic E-state index is 10.3. The first-order valence-corrected chi connectivity index (χ1v) is 6.48. The summed E-state index contributed by atoms with van der Waals surface area (Å²) in [5.41, 5.74) is 4.91. The van der Waals surface area contributed by atoms with E-state index < -0.39 is 6.03 Å². The molecule has 0 atom stereocenters. The Hall–Kier alpha value is -0.990. The monoisotopic (exact) mass is 226 g/mol. The van der Waals surface area contributed by atoms with Crippen LogP contribution in [0.3, 0.4) is 0 Å². The lowest BCUT2D eigenvalue weighted by Crippen LogP contribution is -2.23. The lowest BCUT2D eigenvalue weighted by Gasteiger charge is -1.99. The maximum atomic E-state index is 10.3. The Morgan fingerprint density at radius 2 is 1.62 bits per heavy atom. The molecular weight excluding hydrogens is 200 g/mol. The summed E-state index contributed by atoms with van der Waals surface area (Å²) in [6.07, 6.45) is 15.3. The van der Waals surface area contributed by atoms with Crippen molar-refractivity contribution in [2.24, 2.45) is 5.73 Å². The predicted octanol–water partition coefficient (Wildman–Crippen LogP) is 3.70. The molecule has 0 aromatic carbocycles. The van der Waals surface area contributed by atoms with Crippen molar-refractivity contribution in [2.45, 2.75) is 64.7 Å². The van der Waals surface area contributed by atoms with Gasteiger partial charge >= 0.3 is 6.03 Å². The molecule has 0 fully saturated rings. The van der Waals surface area contributed by atoms with Crippen molar-refractivity contribution in [2.75, 3.05) is 0 Å². The van der Waals surface area contributed by atoms with Crippen LogP contribution in [-0.4, -0.2) is 6.03 Å². The third-order valence-electron chi connectivity index (χ3n) is 2.57. The number of nitrogens with one attached hydrogen (secondary N) is 1. The highest BCUT2D eigenvalue weighted by molar-refractivity contribution is 5.72. The van der Waals surface area contributed by atoms with Gasteiger partial charge in [-0.05, 0) is 12.8 Å². The standard InChI is InChI=1S/C13H26N2O/c1-2-3-4-5-6-7-8-9-10-11-12-15-13(14)16/h11-12H,2-10H2,1H3,(H3,14,15,16)/b12-11+. The first-order chi connectivity index (χ1) is 7.77. The van der Waals surface area contributed by atoms with Crippen LogP contribution >= 0.6 is 0 Å². The summed E-state index contributed by atoms with van der Waals surface area (Å²) in [6, 6.07) is -0.493. The molecule has 0 heterocycles. The van der Waals surface area contributed by atoms with Gasteiger partial charge in [0.2, 0.25) is 0 Å². The molecule has 0 saturated carbocycles. The Bertz CT molecular complexity index is 190. The van der Waals surface area contributed by atoms with Gasteiger partial charge in [-0.1, -0.05) is 57.9 Å². The van der Waals surface area contributed by atoms with E-state index in [2.05, 4.69) is 12.2 Å². The molecule has 0 aliphatic carbocycles. The van der Waals surface area contributed by atoms with Crippen molar-refractivity contribution >= 4 is 6.03 Å². The molecule has 0 aliphatic heterocycles. The molecule has 0 aromatic heterocycles. The minimum absolute atomic E-state index is 0.493. The highest BCUT2D eigenvalue weighted by Gasteiger charge is 1.90. The Morgan fingerprint density at radius 1 is 1.06 bits per heavy atom. The minimum Gasteiger partial charge on any atom is -0.351 e. The van der Waals surface area contributed by atoms with E-state index in [1.165, 1.54) is 51.4 Å². The lowest BCUT2D eigenvalue weighted by molar-refractivity contribution is 0.252. The second kappa shape index (κ2) is 12.1. The van der Waals surface area contributed by atoms with Gasteiger partial charge in [0.25, 0.3) is 0 Å². The Morgan fingerprint density at radius 3 is 2.19 bits per heavy atom. The van der Waals surface area contributed by atoms with Gasteiger partial charge in [0.05, 0.1) is 0 Å². The van der Waals surface area contributed by atoms with Gasteiger partial charge in [-0.15, -0.1) is 0 Å². The van der Waals surface area contributed by atoms with E-state index in [1.807, 2.05) is 6.08 Å². The zero-order valence-corrected chi connectivity index (χ0v) is 10.5. The second-order valence-corrected chi connectivity index (χ2v) is 4.17. The van der Waals surface area contributed by atoms with E-state index >= 15 is 0 Å². The van der Waals surface area contributed by atoms with Crippen LogP contribution in [-0.2, 0) is 0 Å². The van der Waals surface area contributed by atoms with Crippen molar-refractivity contribution < 1.29 is 4.79 Å². The molecule has 0 unspecified atom stereocenters. The van der Waals surface area contributed by atoms with E-state index in [9.17, 15) is 4.79 Å². The third-order valence-corrected chi connectivity index (χ3v) is 2.57. The molecule has 2 amide bonds. The van der Waals surface area contributed by atoms with E-state index in [1.54, 1.807) is 6.20 Å². The number of rotatable bonds is 10. The number of primary amides is 1. The number of amides is 2. The number of allylic oxidation sites excluding steroid dienone is 1. The Balaban J connectivity index is 3.03. The minimum atomic E-state index is -0.493. The highest BCUT2D eigenvalue weighted by atomic mass is 16.2. The first-order valence-electron chi connectivity index (χ1n) is 6.48. The van der Waals surface area contributed by atoms with Crippen LogP contribution in [0.5, 0.6) is 0 Å². The fourth-order valence-electron chi connectivity index (χ4n) is 1.62. The van der Waals surface area contributed by atoms with Crippen molar-refractivity contribution in [1.82, 2.24) is 5.32 Å². The maximum Gasteiger partial charge on any atom is 0.316 e. The van der Waals surface area contributed by atoms with Crippen LogP contribution in [0.25, 0.3) is 0 Å². The molecule has 3 N–H and O–H groups in total. The summed E-state index contributed by atoms with van der Waals surface area (Å²) in [5, 5.41) is 2.43. The number of urea groups is 1. The van der Waals surface area contributed by atoms with Gasteiger partial charge in [-0.2, -0.15) is 0 Å². The summed E-state index contributed by atoms with van der Waals surface area (Å²) in [6.45, 7) is 2.24. The number of carbonyl (C=O) groups is 1. The second-order valence-electron chi connectivity index (χ2n) is 4.17. The van der Waals surface area contributed by atoms with Gasteiger partial charge in [-0.25, -0.2) is 4.79 Å². The molecule has 0 radical (unpaired) electrons. The van der Waals surface area contributed by atoms with E-state index in [-0.39, 0.29) is 0 Å². The SMILES string of the molecule is CCCCCCCCCC/C=C/NC(N)=O. The number of nitrogens with two attached hydrogens (primary N) is 1. The number of hydrogen-bond donors (Lipinski definition) is 2. The molecule has 0 aromatic rings. The summed E-state index contributed by atoms with van der Waals surface area (Å²) in [4.78, 5) is 10.3. The van der Waals surface area contributed by atoms with Crippen LogP contribution in [0.2, 0.25) is 0 Å². The van der Waals surface area contributed by atoms with Crippen LogP contribution in [0.4, 0.5) is 4.79 Å². The van der Waals surface area contributed by atoms with Crippen molar-refractivity contribution in [3.05, 3.63) is 12.3 Å². The topological polar surface area (TPSA) is 55.1 Å². The molecule has 0 rings (SSSR count). The number of hydrogen-bond acceptors (Lipinski definition) is 1. The lowest BCUT2D eigenvalue weighted by atomic mass is 10.1. The zero-order chi connectivity index (χ0) is 12.1. The van der Waals surface area contributed by atoms with Gasteiger partial charge < -0.3 is 11.1 Å². The summed E-state index contributed by atoms with van der Waals surface area (Å²) in [7, 11) is 0. The quantitative estimate of drug-likeness (QED) is 0.548. The smallest absolute Gasteiger partial charge is 0.316 e. The summed E-state index contributed by atoms with van der Waals surface area (Å²) >= 11 is 0. The molecule has 3 nitrogen and oxygen atoms in total. The average molecular weight is 226 g/mol.